The smallest absolute Gasteiger partial charge is 0.220 e. The van der Waals surface area contributed by atoms with Crippen molar-refractivity contribution in [2.75, 3.05) is 7.05 Å². The van der Waals surface area contributed by atoms with E-state index in [0.717, 1.165) is 0 Å². The van der Waals surface area contributed by atoms with Gasteiger partial charge in [-0.3, -0.25) is 14.4 Å². The molecule has 4 nitrogen and oxygen atoms in total. The van der Waals surface area contributed by atoms with Gasteiger partial charge in [-0.15, -0.1) is 0 Å². The minimum absolute atomic E-state index is 0.0405. The quantitative estimate of drug-likeness (QED) is 0.561. The average molecular weight is 167 g/mol. The van der Waals surface area contributed by atoms with Gasteiger partial charge in [-0.05, 0) is 12.2 Å². The zero-order valence-corrected chi connectivity index (χ0v) is 6.66. The summed E-state index contributed by atoms with van der Waals surface area (Å²) in [5.41, 5.74) is 0. The second-order valence-electron chi connectivity index (χ2n) is 2.57. The highest BCUT2D eigenvalue weighted by atomic mass is 16.2. The summed E-state index contributed by atoms with van der Waals surface area (Å²) in [7, 11) is 1.47. The van der Waals surface area contributed by atoms with Gasteiger partial charge in [0.05, 0.1) is 5.92 Å². The SMILES string of the molecule is CNC(=O)CC1C(=O)C=CC1=O. The molecule has 4 heteroatoms. The van der Waals surface area contributed by atoms with Crippen LogP contribution in [0.1, 0.15) is 6.42 Å². The fourth-order valence-electron chi connectivity index (χ4n) is 1.03. The number of carbonyl (C=O) groups is 3. The Morgan fingerprint density at radius 3 is 2.33 bits per heavy atom. The maximum Gasteiger partial charge on any atom is 0.220 e. The van der Waals surface area contributed by atoms with Crippen LogP contribution >= 0.6 is 0 Å². The van der Waals surface area contributed by atoms with Crippen LogP contribution in [0.5, 0.6) is 0 Å². The van der Waals surface area contributed by atoms with Crippen molar-refractivity contribution >= 4 is 17.5 Å². The lowest BCUT2D eigenvalue weighted by Crippen LogP contribution is -2.26. The van der Waals surface area contributed by atoms with Crippen LogP contribution in [0.4, 0.5) is 0 Å². The fourth-order valence-corrected chi connectivity index (χ4v) is 1.03. The lowest BCUT2D eigenvalue weighted by molar-refractivity contribution is -0.131. The van der Waals surface area contributed by atoms with Crippen LogP contribution in [0.25, 0.3) is 0 Å². The van der Waals surface area contributed by atoms with Crippen molar-refractivity contribution in [3.05, 3.63) is 12.2 Å². The molecule has 1 aliphatic carbocycles. The van der Waals surface area contributed by atoms with Crippen molar-refractivity contribution in [3.8, 4) is 0 Å². The molecule has 0 aliphatic heterocycles. The topological polar surface area (TPSA) is 63.2 Å². The van der Waals surface area contributed by atoms with Gasteiger partial charge in [-0.25, -0.2) is 0 Å². The highest BCUT2D eigenvalue weighted by molar-refractivity contribution is 6.19. The van der Waals surface area contributed by atoms with Gasteiger partial charge < -0.3 is 5.32 Å². The molecule has 0 saturated carbocycles. The molecule has 0 saturated heterocycles. The van der Waals surface area contributed by atoms with Crippen LogP contribution in [-0.4, -0.2) is 24.5 Å². The normalized spacial score (nSPS) is 17.1. The second kappa shape index (κ2) is 3.30. The number of carbonyl (C=O) groups excluding carboxylic acids is 3. The van der Waals surface area contributed by atoms with Crippen molar-refractivity contribution in [1.29, 1.82) is 0 Å². The predicted octanol–water partition coefficient (Wildman–Crippen LogP) is -0.553. The van der Waals surface area contributed by atoms with E-state index in [1.54, 1.807) is 0 Å². The molecule has 0 radical (unpaired) electrons. The molecule has 0 heterocycles. The first kappa shape index (κ1) is 8.64. The van der Waals surface area contributed by atoms with E-state index in [2.05, 4.69) is 5.32 Å². The number of ketones is 2. The standard InChI is InChI=1S/C8H9NO3/c1-9-8(12)4-5-6(10)2-3-7(5)11/h2-3,5H,4H2,1H3,(H,9,12). The van der Waals surface area contributed by atoms with E-state index in [-0.39, 0.29) is 23.9 Å². The Kier molecular flexibility index (Phi) is 2.38. The fraction of sp³-hybridized carbons (Fsp3) is 0.375. The van der Waals surface area contributed by atoms with Crippen LogP contribution in [0.15, 0.2) is 12.2 Å². The van der Waals surface area contributed by atoms with Gasteiger partial charge in [0.1, 0.15) is 0 Å². The third kappa shape index (κ3) is 1.58. The summed E-state index contributed by atoms with van der Waals surface area (Å²) in [6, 6.07) is 0. The molecule has 1 aliphatic rings. The van der Waals surface area contributed by atoms with Crippen LogP contribution in [-0.2, 0) is 14.4 Å². The molecule has 0 aromatic carbocycles. The molecule has 64 valence electrons. The average Bonchev–Trinajstić information content (AvgIpc) is 2.35. The summed E-state index contributed by atoms with van der Waals surface area (Å²) in [6.45, 7) is 0. The number of allylic oxidation sites excluding steroid dienone is 2. The largest absolute Gasteiger partial charge is 0.359 e. The molecule has 1 rings (SSSR count). The first-order valence-electron chi connectivity index (χ1n) is 3.61. The van der Waals surface area contributed by atoms with Crippen LogP contribution < -0.4 is 5.32 Å². The van der Waals surface area contributed by atoms with E-state index in [0.29, 0.717) is 0 Å². The van der Waals surface area contributed by atoms with Gasteiger partial charge in [0, 0.05) is 13.5 Å². The van der Waals surface area contributed by atoms with Gasteiger partial charge in [-0.1, -0.05) is 0 Å². The van der Waals surface area contributed by atoms with Crippen molar-refractivity contribution in [1.82, 2.24) is 5.32 Å². The summed E-state index contributed by atoms with van der Waals surface area (Å²) in [6.07, 6.45) is 2.40. The molecular weight excluding hydrogens is 158 g/mol. The second-order valence-corrected chi connectivity index (χ2v) is 2.57. The summed E-state index contributed by atoms with van der Waals surface area (Å²) in [5, 5.41) is 2.36. The van der Waals surface area contributed by atoms with Gasteiger partial charge in [0.15, 0.2) is 11.6 Å². The summed E-state index contributed by atoms with van der Waals surface area (Å²) in [4.78, 5) is 32.7. The van der Waals surface area contributed by atoms with Crippen molar-refractivity contribution < 1.29 is 14.4 Å². The molecule has 0 spiro atoms. The Balaban J connectivity index is 2.59. The highest BCUT2D eigenvalue weighted by Crippen LogP contribution is 2.14. The highest BCUT2D eigenvalue weighted by Gasteiger charge is 2.29. The first-order chi connectivity index (χ1) is 5.65. The van der Waals surface area contributed by atoms with Gasteiger partial charge in [0.25, 0.3) is 0 Å². The lowest BCUT2D eigenvalue weighted by Gasteiger charge is -2.03. The van der Waals surface area contributed by atoms with Crippen LogP contribution in [0.2, 0.25) is 0 Å². The van der Waals surface area contributed by atoms with Crippen molar-refractivity contribution in [3.63, 3.8) is 0 Å². The molecule has 0 atom stereocenters. The van der Waals surface area contributed by atoms with E-state index >= 15 is 0 Å². The zero-order valence-electron chi connectivity index (χ0n) is 6.66. The van der Waals surface area contributed by atoms with Crippen LogP contribution in [0.3, 0.4) is 0 Å². The monoisotopic (exact) mass is 167 g/mol. The Bertz CT molecular complexity index is 249. The summed E-state index contributed by atoms with van der Waals surface area (Å²) < 4.78 is 0. The third-order valence-corrected chi connectivity index (χ3v) is 1.77. The summed E-state index contributed by atoms with van der Waals surface area (Å²) in [5.74, 6) is -1.61. The van der Waals surface area contributed by atoms with Crippen LogP contribution in [0, 0.1) is 5.92 Å². The van der Waals surface area contributed by atoms with E-state index in [9.17, 15) is 14.4 Å². The first-order valence-corrected chi connectivity index (χ1v) is 3.61. The maximum absolute atomic E-state index is 10.9. The minimum atomic E-state index is -0.773. The Labute approximate surface area is 69.6 Å². The molecule has 1 amide bonds. The van der Waals surface area contributed by atoms with Crippen molar-refractivity contribution in [2.45, 2.75) is 6.42 Å². The lowest BCUT2D eigenvalue weighted by atomic mass is 10.0. The number of hydrogen-bond acceptors (Lipinski definition) is 3. The van der Waals surface area contributed by atoms with E-state index in [1.165, 1.54) is 19.2 Å². The molecule has 0 fully saturated rings. The zero-order chi connectivity index (χ0) is 9.14. The van der Waals surface area contributed by atoms with E-state index in [1.807, 2.05) is 0 Å². The summed E-state index contributed by atoms with van der Waals surface area (Å²) >= 11 is 0. The van der Waals surface area contributed by atoms with Crippen molar-refractivity contribution in [2.24, 2.45) is 5.92 Å². The third-order valence-electron chi connectivity index (χ3n) is 1.77. The molecule has 12 heavy (non-hydrogen) atoms. The number of rotatable bonds is 2. The number of nitrogens with one attached hydrogen (secondary N) is 1. The molecule has 1 N–H and O–H groups in total. The number of amides is 1. The van der Waals surface area contributed by atoms with E-state index in [4.69, 9.17) is 0 Å². The minimum Gasteiger partial charge on any atom is -0.359 e. The molecule has 0 unspecified atom stereocenters. The molecule has 0 bridgehead atoms. The van der Waals surface area contributed by atoms with E-state index < -0.39 is 5.92 Å². The Morgan fingerprint density at radius 2 is 1.92 bits per heavy atom. The molecular formula is C8H9NO3. The molecule has 0 aromatic rings. The number of hydrogen-bond donors (Lipinski definition) is 1. The Hall–Kier alpha value is -1.45. The maximum atomic E-state index is 10.9. The molecule has 0 aromatic heterocycles. The predicted molar refractivity (Wildman–Crippen MR) is 41.3 cm³/mol. The van der Waals surface area contributed by atoms with Gasteiger partial charge in [0.2, 0.25) is 5.91 Å². The Morgan fingerprint density at radius 1 is 1.42 bits per heavy atom. The van der Waals surface area contributed by atoms with Gasteiger partial charge >= 0.3 is 0 Å². The van der Waals surface area contributed by atoms with Gasteiger partial charge in [-0.2, -0.15) is 0 Å².